The molecule has 1 aromatic rings. The van der Waals surface area contributed by atoms with Crippen LogP contribution in [0.15, 0.2) is 18.2 Å². The number of rotatable bonds is 4. The average molecular weight is 261 g/mol. The van der Waals surface area contributed by atoms with Crippen LogP contribution in [0.3, 0.4) is 0 Å². The molecule has 1 aliphatic carbocycles. The Bertz CT molecular complexity index is 443. The van der Waals surface area contributed by atoms with Crippen molar-refractivity contribution in [3.05, 3.63) is 34.9 Å². The number of hydrogen-bond acceptors (Lipinski definition) is 2. The zero-order chi connectivity index (χ0) is 14.2. The van der Waals surface area contributed by atoms with E-state index in [9.17, 15) is 5.11 Å². The second kappa shape index (κ2) is 5.26. The van der Waals surface area contributed by atoms with E-state index in [4.69, 9.17) is 0 Å². The van der Waals surface area contributed by atoms with E-state index in [1.807, 2.05) is 0 Å². The summed E-state index contributed by atoms with van der Waals surface area (Å²) >= 11 is 0. The van der Waals surface area contributed by atoms with Gasteiger partial charge in [0.1, 0.15) is 0 Å². The largest absolute Gasteiger partial charge is 0.387 e. The summed E-state index contributed by atoms with van der Waals surface area (Å²) in [5, 5.41) is 14.1. The van der Waals surface area contributed by atoms with Crippen molar-refractivity contribution in [3.63, 3.8) is 0 Å². The van der Waals surface area contributed by atoms with Crippen LogP contribution in [0.1, 0.15) is 63.3 Å². The number of aliphatic hydroxyl groups is 1. The third-order valence-corrected chi connectivity index (χ3v) is 4.01. The minimum atomic E-state index is -0.428. The highest BCUT2D eigenvalue weighted by Gasteiger charge is 2.27. The van der Waals surface area contributed by atoms with Crippen molar-refractivity contribution in [2.24, 2.45) is 0 Å². The van der Waals surface area contributed by atoms with Gasteiger partial charge in [0.2, 0.25) is 0 Å². The highest BCUT2D eigenvalue weighted by atomic mass is 16.3. The molecule has 1 saturated carbocycles. The number of benzene rings is 1. The van der Waals surface area contributed by atoms with E-state index < -0.39 is 6.10 Å². The van der Waals surface area contributed by atoms with Gasteiger partial charge >= 0.3 is 0 Å². The van der Waals surface area contributed by atoms with E-state index >= 15 is 0 Å². The van der Waals surface area contributed by atoms with Crippen LogP contribution in [-0.4, -0.2) is 17.2 Å². The summed E-state index contributed by atoms with van der Waals surface area (Å²) in [6.45, 7) is 10.8. The lowest BCUT2D eigenvalue weighted by Crippen LogP contribution is -2.34. The highest BCUT2D eigenvalue weighted by molar-refractivity contribution is 5.36. The second-order valence-electron chi connectivity index (χ2n) is 7.00. The molecule has 0 radical (unpaired) electrons. The summed E-state index contributed by atoms with van der Waals surface area (Å²) in [4.78, 5) is 0. The molecule has 2 nitrogen and oxygen atoms in total. The number of hydrogen-bond donors (Lipinski definition) is 2. The minimum absolute atomic E-state index is 0.112. The summed E-state index contributed by atoms with van der Waals surface area (Å²) in [5.74, 6) is 0. The SMILES string of the molecule is Cc1ccc(C(C)(C)C)cc1C(O)C(C)NC1CC1. The molecule has 1 aliphatic rings. The summed E-state index contributed by atoms with van der Waals surface area (Å²) < 4.78 is 0. The minimum Gasteiger partial charge on any atom is -0.387 e. The normalized spacial score (nSPS) is 19.3. The molecule has 0 aromatic heterocycles. The van der Waals surface area contributed by atoms with E-state index in [0.29, 0.717) is 6.04 Å². The molecule has 0 bridgehead atoms. The molecule has 0 aliphatic heterocycles. The van der Waals surface area contributed by atoms with Crippen LogP contribution in [0.2, 0.25) is 0 Å². The molecular formula is C17H27NO. The Kier molecular flexibility index (Phi) is 4.03. The van der Waals surface area contributed by atoms with Gasteiger partial charge in [-0.3, -0.25) is 0 Å². The Morgan fingerprint density at radius 1 is 1.26 bits per heavy atom. The van der Waals surface area contributed by atoms with Gasteiger partial charge in [0.15, 0.2) is 0 Å². The molecule has 2 atom stereocenters. The maximum atomic E-state index is 10.6. The van der Waals surface area contributed by atoms with E-state index in [2.05, 4.69) is 58.1 Å². The lowest BCUT2D eigenvalue weighted by molar-refractivity contribution is 0.134. The second-order valence-corrected chi connectivity index (χ2v) is 7.00. The van der Waals surface area contributed by atoms with E-state index in [-0.39, 0.29) is 11.5 Å². The number of nitrogens with one attached hydrogen (secondary N) is 1. The molecule has 2 rings (SSSR count). The van der Waals surface area contributed by atoms with Crippen LogP contribution >= 0.6 is 0 Å². The first-order valence-corrected chi connectivity index (χ1v) is 7.34. The van der Waals surface area contributed by atoms with Crippen molar-refractivity contribution >= 4 is 0 Å². The summed E-state index contributed by atoms with van der Waals surface area (Å²) in [5.41, 5.74) is 3.64. The topological polar surface area (TPSA) is 32.3 Å². The van der Waals surface area contributed by atoms with Gasteiger partial charge < -0.3 is 10.4 Å². The Hall–Kier alpha value is -0.860. The van der Waals surface area contributed by atoms with Gasteiger partial charge in [0, 0.05) is 12.1 Å². The molecule has 0 saturated heterocycles. The number of aryl methyl sites for hydroxylation is 1. The average Bonchev–Trinajstić information content (AvgIpc) is 3.11. The summed E-state index contributed by atoms with van der Waals surface area (Å²) in [6, 6.07) is 7.20. The van der Waals surface area contributed by atoms with Gasteiger partial charge in [-0.05, 0) is 48.8 Å². The van der Waals surface area contributed by atoms with Crippen molar-refractivity contribution in [2.75, 3.05) is 0 Å². The Morgan fingerprint density at radius 3 is 2.42 bits per heavy atom. The third kappa shape index (κ3) is 3.58. The molecule has 0 amide bonds. The fourth-order valence-corrected chi connectivity index (χ4v) is 2.41. The quantitative estimate of drug-likeness (QED) is 0.870. The zero-order valence-electron chi connectivity index (χ0n) is 12.8. The maximum Gasteiger partial charge on any atom is 0.0942 e. The zero-order valence-corrected chi connectivity index (χ0v) is 12.8. The molecule has 0 heterocycles. The molecule has 2 heteroatoms. The van der Waals surface area contributed by atoms with Crippen molar-refractivity contribution < 1.29 is 5.11 Å². The Morgan fingerprint density at radius 2 is 1.89 bits per heavy atom. The smallest absolute Gasteiger partial charge is 0.0942 e. The lowest BCUT2D eigenvalue weighted by atomic mass is 9.84. The number of aliphatic hydroxyl groups excluding tert-OH is 1. The van der Waals surface area contributed by atoms with Crippen LogP contribution in [0.25, 0.3) is 0 Å². The van der Waals surface area contributed by atoms with Crippen LogP contribution in [-0.2, 0) is 5.41 Å². The van der Waals surface area contributed by atoms with Crippen molar-refractivity contribution in [1.29, 1.82) is 0 Å². The molecule has 2 N–H and O–H groups in total. The first kappa shape index (κ1) is 14.5. The lowest BCUT2D eigenvalue weighted by Gasteiger charge is -2.25. The highest BCUT2D eigenvalue weighted by Crippen LogP contribution is 2.29. The van der Waals surface area contributed by atoms with Gasteiger partial charge in [0.25, 0.3) is 0 Å². The predicted molar refractivity (Wildman–Crippen MR) is 80.5 cm³/mol. The van der Waals surface area contributed by atoms with Gasteiger partial charge in [0.05, 0.1) is 6.10 Å². The fraction of sp³-hybridized carbons (Fsp3) is 0.647. The molecule has 19 heavy (non-hydrogen) atoms. The molecule has 0 spiro atoms. The van der Waals surface area contributed by atoms with Crippen LogP contribution in [0, 0.1) is 6.92 Å². The first-order valence-electron chi connectivity index (χ1n) is 7.34. The van der Waals surface area contributed by atoms with Crippen molar-refractivity contribution in [1.82, 2.24) is 5.32 Å². The van der Waals surface area contributed by atoms with Gasteiger partial charge in [-0.15, -0.1) is 0 Å². The van der Waals surface area contributed by atoms with Crippen LogP contribution in [0.4, 0.5) is 0 Å². The Balaban J connectivity index is 2.21. The monoisotopic (exact) mass is 261 g/mol. The van der Waals surface area contributed by atoms with E-state index in [1.54, 1.807) is 0 Å². The van der Waals surface area contributed by atoms with Gasteiger partial charge in [-0.2, -0.15) is 0 Å². The van der Waals surface area contributed by atoms with Gasteiger partial charge in [-0.25, -0.2) is 0 Å². The Labute approximate surface area is 117 Å². The van der Waals surface area contributed by atoms with Gasteiger partial charge in [-0.1, -0.05) is 39.0 Å². The standard InChI is InChI=1S/C17H27NO/c1-11-6-7-13(17(3,4)5)10-15(11)16(19)12(2)18-14-8-9-14/h6-7,10,12,14,16,18-19H,8-9H2,1-5H3. The van der Waals surface area contributed by atoms with Crippen LogP contribution in [0.5, 0.6) is 0 Å². The van der Waals surface area contributed by atoms with Crippen molar-refractivity contribution in [2.45, 2.75) is 71.1 Å². The van der Waals surface area contributed by atoms with Crippen molar-refractivity contribution in [3.8, 4) is 0 Å². The molecular weight excluding hydrogens is 234 g/mol. The first-order chi connectivity index (χ1) is 8.79. The molecule has 1 fully saturated rings. The fourth-order valence-electron chi connectivity index (χ4n) is 2.41. The summed E-state index contributed by atoms with van der Waals surface area (Å²) in [7, 11) is 0. The van der Waals surface area contributed by atoms with E-state index in [1.165, 1.54) is 24.0 Å². The molecule has 1 aromatic carbocycles. The molecule has 2 unspecified atom stereocenters. The van der Waals surface area contributed by atoms with Crippen LogP contribution < -0.4 is 5.32 Å². The summed E-state index contributed by atoms with van der Waals surface area (Å²) in [6.07, 6.45) is 2.07. The maximum absolute atomic E-state index is 10.6. The predicted octanol–water partition coefficient (Wildman–Crippen LogP) is 3.47. The van der Waals surface area contributed by atoms with E-state index in [0.717, 1.165) is 5.56 Å². The molecule has 106 valence electrons. The third-order valence-electron chi connectivity index (χ3n) is 4.01.